The molecule has 3 aromatic rings. The molecule has 164 valence electrons. The van der Waals surface area contributed by atoms with Crippen LogP contribution in [-0.2, 0) is 13.0 Å². The van der Waals surface area contributed by atoms with Gasteiger partial charge in [-0.3, -0.25) is 9.78 Å². The number of hydrogen-bond donors (Lipinski definition) is 0. The molecule has 0 aliphatic carbocycles. The van der Waals surface area contributed by atoms with Crippen LogP contribution in [0.2, 0.25) is 0 Å². The highest BCUT2D eigenvalue weighted by atomic mass is 16.2. The fourth-order valence-electron chi connectivity index (χ4n) is 4.90. The fraction of sp³-hybridized carbons (Fsp3) is 0.385. The van der Waals surface area contributed by atoms with E-state index in [1.165, 1.54) is 11.1 Å². The summed E-state index contributed by atoms with van der Waals surface area (Å²) in [6.45, 7) is 4.63. The van der Waals surface area contributed by atoms with Crippen molar-refractivity contribution in [3.63, 3.8) is 0 Å². The van der Waals surface area contributed by atoms with Gasteiger partial charge < -0.3 is 9.80 Å². The minimum Gasteiger partial charge on any atom is -0.352 e. The van der Waals surface area contributed by atoms with Crippen molar-refractivity contribution in [2.45, 2.75) is 51.6 Å². The number of piperidine rings is 1. The standard InChI is InChI=1S/C26H29N5O/c1-19-21-12-9-16-30(18-20-10-3-2-4-11-20)25(21)29-24(28-19)23-14-6-8-17-31(23)26(32)22-13-5-7-15-27-22/h2-5,7,10-11,13,15,23H,6,8-9,12,14,16-18H2,1H3. The third kappa shape index (κ3) is 4.09. The van der Waals surface area contributed by atoms with Crippen LogP contribution < -0.4 is 4.90 Å². The van der Waals surface area contributed by atoms with Crippen LogP contribution in [0.4, 0.5) is 5.82 Å². The van der Waals surface area contributed by atoms with Crippen molar-refractivity contribution in [2.24, 2.45) is 0 Å². The first-order chi connectivity index (χ1) is 15.7. The number of aryl methyl sites for hydroxylation is 1. The summed E-state index contributed by atoms with van der Waals surface area (Å²) in [5.74, 6) is 1.78. The van der Waals surface area contributed by atoms with E-state index in [0.717, 1.165) is 62.5 Å². The van der Waals surface area contributed by atoms with Crippen LogP contribution in [-0.4, -0.2) is 38.8 Å². The summed E-state index contributed by atoms with van der Waals surface area (Å²) in [4.78, 5) is 31.9. The second-order valence-corrected chi connectivity index (χ2v) is 8.71. The van der Waals surface area contributed by atoms with E-state index in [0.29, 0.717) is 12.2 Å². The van der Waals surface area contributed by atoms with Crippen molar-refractivity contribution in [1.29, 1.82) is 0 Å². The van der Waals surface area contributed by atoms with Gasteiger partial charge in [0.1, 0.15) is 11.5 Å². The van der Waals surface area contributed by atoms with Gasteiger partial charge in [-0.05, 0) is 56.7 Å². The quantitative estimate of drug-likeness (QED) is 0.613. The molecule has 2 aromatic heterocycles. The number of carbonyl (C=O) groups excluding carboxylic acids is 1. The summed E-state index contributed by atoms with van der Waals surface area (Å²) in [6.07, 6.45) is 6.75. The van der Waals surface area contributed by atoms with Gasteiger partial charge in [0.25, 0.3) is 5.91 Å². The maximum absolute atomic E-state index is 13.3. The number of anilines is 1. The molecule has 0 spiro atoms. The highest BCUT2D eigenvalue weighted by Gasteiger charge is 2.33. The molecule has 5 rings (SSSR count). The minimum atomic E-state index is -0.109. The molecule has 1 saturated heterocycles. The third-order valence-electron chi connectivity index (χ3n) is 6.53. The first kappa shape index (κ1) is 20.6. The second-order valence-electron chi connectivity index (χ2n) is 8.71. The molecular weight excluding hydrogens is 398 g/mol. The average molecular weight is 428 g/mol. The number of fused-ring (bicyclic) bond motifs is 1. The van der Waals surface area contributed by atoms with E-state index in [1.54, 1.807) is 12.3 Å². The summed E-state index contributed by atoms with van der Waals surface area (Å²) >= 11 is 0. The topological polar surface area (TPSA) is 62.2 Å². The van der Waals surface area contributed by atoms with E-state index < -0.39 is 0 Å². The lowest BCUT2D eigenvalue weighted by Crippen LogP contribution is -2.40. The molecule has 6 nitrogen and oxygen atoms in total. The Bertz CT molecular complexity index is 1090. The Hall–Kier alpha value is -3.28. The average Bonchev–Trinajstić information content (AvgIpc) is 2.85. The summed E-state index contributed by atoms with van der Waals surface area (Å²) < 4.78 is 0. The number of aromatic nitrogens is 3. The van der Waals surface area contributed by atoms with Gasteiger partial charge in [0.15, 0.2) is 5.82 Å². The van der Waals surface area contributed by atoms with Crippen molar-refractivity contribution >= 4 is 11.7 Å². The normalized spacial score (nSPS) is 18.3. The molecule has 1 fully saturated rings. The summed E-state index contributed by atoms with van der Waals surface area (Å²) in [5, 5.41) is 0. The summed E-state index contributed by atoms with van der Waals surface area (Å²) in [7, 11) is 0. The number of benzene rings is 1. The largest absolute Gasteiger partial charge is 0.352 e. The van der Waals surface area contributed by atoms with Gasteiger partial charge in [-0.15, -0.1) is 0 Å². The van der Waals surface area contributed by atoms with Crippen LogP contribution in [0.1, 0.15) is 64.9 Å². The van der Waals surface area contributed by atoms with E-state index in [1.807, 2.05) is 23.1 Å². The Morgan fingerprint density at radius 2 is 1.84 bits per heavy atom. The lowest BCUT2D eigenvalue weighted by molar-refractivity contribution is 0.0593. The van der Waals surface area contributed by atoms with Crippen LogP contribution in [0, 0.1) is 6.92 Å². The van der Waals surface area contributed by atoms with Gasteiger partial charge in [-0.25, -0.2) is 9.97 Å². The SMILES string of the molecule is Cc1nc(C2CCCCN2C(=O)c2ccccn2)nc2c1CCCN2Cc1ccccc1. The zero-order chi connectivity index (χ0) is 21.9. The predicted molar refractivity (Wildman–Crippen MR) is 124 cm³/mol. The number of nitrogens with zero attached hydrogens (tertiary/aromatic N) is 5. The molecule has 32 heavy (non-hydrogen) atoms. The lowest BCUT2D eigenvalue weighted by atomic mass is 9.99. The van der Waals surface area contributed by atoms with Crippen molar-refractivity contribution < 1.29 is 4.79 Å². The zero-order valence-corrected chi connectivity index (χ0v) is 18.6. The maximum Gasteiger partial charge on any atom is 0.273 e. The number of pyridine rings is 1. The number of amides is 1. The van der Waals surface area contributed by atoms with Gasteiger partial charge in [-0.1, -0.05) is 36.4 Å². The first-order valence-corrected chi connectivity index (χ1v) is 11.6. The van der Waals surface area contributed by atoms with Crippen molar-refractivity contribution in [2.75, 3.05) is 18.0 Å². The molecule has 0 saturated carbocycles. The minimum absolute atomic E-state index is 0.0320. The molecule has 0 radical (unpaired) electrons. The van der Waals surface area contributed by atoms with Crippen LogP contribution >= 0.6 is 0 Å². The lowest BCUT2D eigenvalue weighted by Gasteiger charge is -2.36. The molecule has 6 heteroatoms. The molecule has 1 atom stereocenters. The maximum atomic E-state index is 13.3. The van der Waals surface area contributed by atoms with Gasteiger partial charge in [0.05, 0.1) is 6.04 Å². The van der Waals surface area contributed by atoms with E-state index in [9.17, 15) is 4.79 Å². The van der Waals surface area contributed by atoms with Gasteiger partial charge in [0, 0.05) is 37.1 Å². The first-order valence-electron chi connectivity index (χ1n) is 11.6. The van der Waals surface area contributed by atoms with Crippen LogP contribution in [0.25, 0.3) is 0 Å². The molecule has 2 aliphatic rings. The van der Waals surface area contributed by atoms with Crippen LogP contribution in [0.5, 0.6) is 0 Å². The van der Waals surface area contributed by atoms with Gasteiger partial charge >= 0.3 is 0 Å². The monoisotopic (exact) mass is 427 g/mol. The second kappa shape index (κ2) is 9.07. The van der Waals surface area contributed by atoms with Crippen molar-refractivity contribution in [3.05, 3.63) is 83.1 Å². The summed E-state index contributed by atoms with van der Waals surface area (Å²) in [6, 6.07) is 15.9. The molecule has 0 N–H and O–H groups in total. The zero-order valence-electron chi connectivity index (χ0n) is 18.6. The third-order valence-corrected chi connectivity index (χ3v) is 6.53. The Morgan fingerprint density at radius 1 is 1.00 bits per heavy atom. The summed E-state index contributed by atoms with van der Waals surface area (Å²) in [5.41, 5.74) is 4.05. The molecule has 1 unspecified atom stereocenters. The smallest absolute Gasteiger partial charge is 0.273 e. The van der Waals surface area contributed by atoms with Crippen LogP contribution in [0.15, 0.2) is 54.7 Å². The molecular formula is C26H29N5O. The van der Waals surface area contributed by atoms with E-state index in [2.05, 4.69) is 41.1 Å². The molecule has 1 amide bonds. The number of hydrogen-bond acceptors (Lipinski definition) is 5. The highest BCUT2D eigenvalue weighted by molar-refractivity contribution is 5.92. The highest BCUT2D eigenvalue weighted by Crippen LogP contribution is 2.34. The molecule has 0 bridgehead atoms. The van der Waals surface area contributed by atoms with Crippen LogP contribution in [0.3, 0.4) is 0 Å². The number of likely N-dealkylation sites (tertiary alicyclic amines) is 1. The Balaban J connectivity index is 1.48. The van der Waals surface area contributed by atoms with Gasteiger partial charge in [0.2, 0.25) is 0 Å². The van der Waals surface area contributed by atoms with E-state index in [-0.39, 0.29) is 11.9 Å². The van der Waals surface area contributed by atoms with E-state index >= 15 is 0 Å². The molecule has 4 heterocycles. The Labute approximate surface area is 189 Å². The molecule has 2 aliphatic heterocycles. The van der Waals surface area contributed by atoms with E-state index in [4.69, 9.17) is 9.97 Å². The Morgan fingerprint density at radius 3 is 2.66 bits per heavy atom. The molecule has 1 aromatic carbocycles. The van der Waals surface area contributed by atoms with Gasteiger partial charge in [-0.2, -0.15) is 0 Å². The number of rotatable bonds is 4. The van der Waals surface area contributed by atoms with Crippen molar-refractivity contribution in [3.8, 4) is 0 Å². The van der Waals surface area contributed by atoms with Crippen molar-refractivity contribution in [1.82, 2.24) is 19.9 Å². The number of carbonyl (C=O) groups is 1. The Kier molecular flexibility index (Phi) is 5.84. The predicted octanol–water partition coefficient (Wildman–Crippen LogP) is 4.50. The fourth-order valence-corrected chi connectivity index (χ4v) is 4.90.